The lowest BCUT2D eigenvalue weighted by atomic mass is 10.1. The smallest absolute Gasteiger partial charge is 0.308 e. The number of nitrogens with one attached hydrogen (secondary N) is 2. The molecule has 0 bridgehead atoms. The van der Waals surface area contributed by atoms with E-state index in [1.54, 1.807) is 20.8 Å². The fourth-order valence-electron chi connectivity index (χ4n) is 1.35. The van der Waals surface area contributed by atoms with Gasteiger partial charge in [-0.1, -0.05) is 0 Å². The van der Waals surface area contributed by atoms with Crippen molar-refractivity contribution >= 4 is 23.6 Å². The van der Waals surface area contributed by atoms with Crippen LogP contribution < -0.4 is 16.4 Å². The van der Waals surface area contributed by atoms with Crippen LogP contribution in [-0.4, -0.2) is 48.3 Å². The molecule has 120 valence electrons. The monoisotopic (exact) mass is 301 g/mol. The van der Waals surface area contributed by atoms with Crippen molar-refractivity contribution in [3.05, 3.63) is 0 Å². The summed E-state index contributed by atoms with van der Waals surface area (Å²) in [7, 11) is 0. The predicted molar refractivity (Wildman–Crippen MR) is 75.1 cm³/mol. The van der Waals surface area contributed by atoms with Gasteiger partial charge in [0, 0.05) is 0 Å². The molecule has 21 heavy (non-hydrogen) atoms. The van der Waals surface area contributed by atoms with Crippen molar-refractivity contribution in [2.75, 3.05) is 13.1 Å². The third-order valence-electron chi connectivity index (χ3n) is 2.14. The largest absolute Gasteiger partial charge is 0.460 e. The second-order valence-electron chi connectivity index (χ2n) is 5.53. The zero-order valence-electron chi connectivity index (χ0n) is 12.8. The van der Waals surface area contributed by atoms with Gasteiger partial charge in [0.1, 0.15) is 17.4 Å². The summed E-state index contributed by atoms with van der Waals surface area (Å²) >= 11 is 0. The summed E-state index contributed by atoms with van der Waals surface area (Å²) in [5.41, 5.74) is 4.46. The van der Waals surface area contributed by atoms with Crippen molar-refractivity contribution in [1.82, 2.24) is 10.6 Å². The predicted octanol–water partition coefficient (Wildman–Crippen LogP) is -1.13. The van der Waals surface area contributed by atoms with E-state index in [0.717, 1.165) is 0 Å². The Morgan fingerprint density at radius 1 is 1.19 bits per heavy atom. The van der Waals surface area contributed by atoms with Gasteiger partial charge in [0.25, 0.3) is 0 Å². The normalized spacial score (nSPS) is 12.2. The molecule has 0 radical (unpaired) electrons. The van der Waals surface area contributed by atoms with Crippen molar-refractivity contribution in [2.24, 2.45) is 5.73 Å². The molecule has 0 aromatic rings. The Kier molecular flexibility index (Phi) is 7.57. The molecule has 0 rings (SSSR count). The quantitative estimate of drug-likeness (QED) is 0.510. The SMILES string of the molecule is CC(=O)CNC(=O)C(CC(=O)OC(C)(C)C)NC(=O)CN. The molecule has 0 heterocycles. The van der Waals surface area contributed by atoms with E-state index >= 15 is 0 Å². The summed E-state index contributed by atoms with van der Waals surface area (Å²) in [5.74, 6) is -2.10. The van der Waals surface area contributed by atoms with E-state index < -0.39 is 29.4 Å². The summed E-state index contributed by atoms with van der Waals surface area (Å²) in [6.07, 6.45) is -0.341. The molecule has 8 nitrogen and oxygen atoms in total. The maximum atomic E-state index is 11.9. The highest BCUT2D eigenvalue weighted by atomic mass is 16.6. The number of hydrogen-bond donors (Lipinski definition) is 3. The molecular formula is C13H23N3O5. The van der Waals surface area contributed by atoms with E-state index in [0.29, 0.717) is 0 Å². The molecule has 0 spiro atoms. The molecule has 0 aliphatic carbocycles. The second kappa shape index (κ2) is 8.35. The van der Waals surface area contributed by atoms with E-state index in [1.165, 1.54) is 6.92 Å². The van der Waals surface area contributed by atoms with Crippen LogP contribution in [0, 0.1) is 0 Å². The van der Waals surface area contributed by atoms with Gasteiger partial charge in [-0.25, -0.2) is 0 Å². The minimum Gasteiger partial charge on any atom is -0.460 e. The van der Waals surface area contributed by atoms with Crippen molar-refractivity contribution < 1.29 is 23.9 Å². The fraction of sp³-hybridized carbons (Fsp3) is 0.692. The third kappa shape index (κ3) is 9.55. The lowest BCUT2D eigenvalue weighted by Gasteiger charge is -2.22. The Morgan fingerprint density at radius 3 is 2.19 bits per heavy atom. The molecule has 0 aliphatic rings. The highest BCUT2D eigenvalue weighted by molar-refractivity contribution is 5.93. The molecule has 0 saturated carbocycles. The topological polar surface area (TPSA) is 128 Å². The second-order valence-corrected chi connectivity index (χ2v) is 5.53. The standard InChI is InChI=1S/C13H23N3O5/c1-8(17)7-15-12(20)9(16-10(18)6-14)5-11(19)21-13(2,3)4/h9H,5-7,14H2,1-4H3,(H,15,20)(H,16,18). The molecule has 0 aromatic heterocycles. The molecule has 0 aliphatic heterocycles. The van der Waals surface area contributed by atoms with E-state index in [2.05, 4.69) is 10.6 Å². The van der Waals surface area contributed by atoms with Crippen LogP contribution in [0.3, 0.4) is 0 Å². The third-order valence-corrected chi connectivity index (χ3v) is 2.14. The number of rotatable bonds is 7. The minimum atomic E-state index is -1.13. The summed E-state index contributed by atoms with van der Waals surface area (Å²) < 4.78 is 5.09. The zero-order chi connectivity index (χ0) is 16.6. The van der Waals surface area contributed by atoms with Crippen LogP contribution in [-0.2, 0) is 23.9 Å². The van der Waals surface area contributed by atoms with Gasteiger partial charge in [-0.2, -0.15) is 0 Å². The molecule has 8 heteroatoms. The molecule has 4 N–H and O–H groups in total. The van der Waals surface area contributed by atoms with Gasteiger partial charge in [0.2, 0.25) is 11.8 Å². The Morgan fingerprint density at radius 2 is 1.76 bits per heavy atom. The molecule has 0 fully saturated rings. The summed E-state index contributed by atoms with van der Waals surface area (Å²) in [6, 6.07) is -1.13. The Bertz CT molecular complexity index is 415. The fourth-order valence-corrected chi connectivity index (χ4v) is 1.35. The van der Waals surface area contributed by atoms with Crippen LogP contribution in [0.25, 0.3) is 0 Å². The Hall–Kier alpha value is -1.96. The number of hydrogen-bond acceptors (Lipinski definition) is 6. The van der Waals surface area contributed by atoms with Gasteiger partial charge in [-0.05, 0) is 27.7 Å². The van der Waals surface area contributed by atoms with Crippen LogP contribution >= 0.6 is 0 Å². The Labute approximate surface area is 123 Å². The number of Topliss-reactive ketones (excluding diaryl/α,β-unsaturated/α-hetero) is 1. The summed E-state index contributed by atoms with van der Waals surface area (Å²) in [5, 5.41) is 4.65. The van der Waals surface area contributed by atoms with Crippen LogP contribution in [0.2, 0.25) is 0 Å². The van der Waals surface area contributed by atoms with Gasteiger partial charge in [-0.15, -0.1) is 0 Å². The first kappa shape index (κ1) is 19.0. The maximum Gasteiger partial charge on any atom is 0.308 e. The van der Waals surface area contributed by atoms with Gasteiger partial charge < -0.3 is 21.1 Å². The number of ketones is 1. The van der Waals surface area contributed by atoms with Crippen molar-refractivity contribution in [2.45, 2.75) is 45.8 Å². The highest BCUT2D eigenvalue weighted by Crippen LogP contribution is 2.09. The number of esters is 1. The van der Waals surface area contributed by atoms with Crippen molar-refractivity contribution in [3.63, 3.8) is 0 Å². The van der Waals surface area contributed by atoms with E-state index in [4.69, 9.17) is 10.5 Å². The van der Waals surface area contributed by atoms with E-state index in [-0.39, 0.29) is 25.3 Å². The molecular weight excluding hydrogens is 278 g/mol. The zero-order valence-corrected chi connectivity index (χ0v) is 12.8. The van der Waals surface area contributed by atoms with Crippen molar-refractivity contribution in [1.29, 1.82) is 0 Å². The van der Waals surface area contributed by atoms with Crippen molar-refractivity contribution in [3.8, 4) is 0 Å². The maximum absolute atomic E-state index is 11.9. The Balaban J connectivity index is 4.73. The first-order valence-electron chi connectivity index (χ1n) is 6.53. The minimum absolute atomic E-state index is 0.178. The first-order chi connectivity index (χ1) is 9.55. The number of nitrogens with two attached hydrogens (primary N) is 1. The highest BCUT2D eigenvalue weighted by Gasteiger charge is 2.26. The lowest BCUT2D eigenvalue weighted by Crippen LogP contribution is -2.50. The average molecular weight is 301 g/mol. The summed E-state index contributed by atoms with van der Waals surface area (Å²) in [4.78, 5) is 45.7. The first-order valence-corrected chi connectivity index (χ1v) is 6.53. The van der Waals surface area contributed by atoms with Gasteiger partial charge in [0.05, 0.1) is 19.5 Å². The number of carbonyl (C=O) groups is 4. The van der Waals surface area contributed by atoms with Crippen LogP contribution in [0.4, 0.5) is 0 Å². The average Bonchev–Trinajstić information content (AvgIpc) is 2.32. The van der Waals surface area contributed by atoms with E-state index in [1.807, 2.05) is 0 Å². The van der Waals surface area contributed by atoms with Gasteiger partial charge >= 0.3 is 5.97 Å². The summed E-state index contributed by atoms with van der Waals surface area (Å²) in [6.45, 7) is 5.88. The van der Waals surface area contributed by atoms with Gasteiger partial charge in [0.15, 0.2) is 0 Å². The molecule has 1 atom stereocenters. The van der Waals surface area contributed by atoms with Crippen LogP contribution in [0.1, 0.15) is 34.1 Å². The number of carbonyl (C=O) groups excluding carboxylic acids is 4. The van der Waals surface area contributed by atoms with Gasteiger partial charge in [-0.3, -0.25) is 19.2 Å². The molecule has 0 saturated heterocycles. The lowest BCUT2D eigenvalue weighted by molar-refractivity contribution is -0.156. The molecule has 2 amide bonds. The van der Waals surface area contributed by atoms with E-state index in [9.17, 15) is 19.2 Å². The number of amides is 2. The molecule has 1 unspecified atom stereocenters. The molecule has 0 aromatic carbocycles. The van der Waals surface area contributed by atoms with Crippen LogP contribution in [0.15, 0.2) is 0 Å². The number of ether oxygens (including phenoxy) is 1. The van der Waals surface area contributed by atoms with Crippen LogP contribution in [0.5, 0.6) is 0 Å².